The van der Waals surface area contributed by atoms with E-state index in [1.165, 1.54) is 35.6 Å². The maximum Gasteiger partial charge on any atom is 0.242 e. The second-order valence-electron chi connectivity index (χ2n) is 5.63. The molecule has 0 N–H and O–H groups in total. The van der Waals surface area contributed by atoms with Crippen LogP contribution in [0, 0.1) is 25.2 Å². The van der Waals surface area contributed by atoms with Crippen LogP contribution in [0.15, 0.2) is 47.4 Å². The van der Waals surface area contributed by atoms with Crippen molar-refractivity contribution in [1.82, 2.24) is 4.31 Å². The van der Waals surface area contributed by atoms with E-state index in [1.54, 1.807) is 0 Å². The topological polar surface area (TPSA) is 70.4 Å². The van der Waals surface area contributed by atoms with Gasteiger partial charge in [-0.3, -0.25) is 0 Å². The fraction of sp³-hybridized carbons (Fsp3) is 0.278. The lowest BCUT2D eigenvalue weighted by atomic mass is 10.1. The van der Waals surface area contributed by atoms with Gasteiger partial charge in [-0.1, -0.05) is 6.07 Å². The quantitative estimate of drug-likeness (QED) is 0.808. The molecule has 0 bridgehead atoms. The minimum atomic E-state index is -3.59. The van der Waals surface area contributed by atoms with Crippen LogP contribution in [0.3, 0.4) is 0 Å². The van der Waals surface area contributed by atoms with Crippen molar-refractivity contribution in [2.45, 2.75) is 18.7 Å². The first kappa shape index (κ1) is 18.0. The Hall–Kier alpha value is -2.36. The van der Waals surface area contributed by atoms with E-state index >= 15 is 0 Å². The Balaban J connectivity index is 2.00. The van der Waals surface area contributed by atoms with Gasteiger partial charge in [0.15, 0.2) is 0 Å². The van der Waals surface area contributed by atoms with Crippen LogP contribution >= 0.6 is 0 Å². The summed E-state index contributed by atoms with van der Waals surface area (Å²) in [6.45, 7) is 4.47. The molecule has 0 saturated heterocycles. The summed E-state index contributed by atoms with van der Waals surface area (Å²) >= 11 is 0. The number of hydrogen-bond donors (Lipinski definition) is 0. The number of rotatable bonds is 6. The summed E-state index contributed by atoms with van der Waals surface area (Å²) in [5.74, 6) is 0.733. The molecule has 0 amide bonds. The van der Waals surface area contributed by atoms with Crippen molar-refractivity contribution in [3.05, 3.63) is 59.2 Å². The second kappa shape index (κ2) is 7.47. The zero-order valence-corrected chi connectivity index (χ0v) is 14.8. The first-order valence-corrected chi connectivity index (χ1v) is 8.94. The Labute approximate surface area is 143 Å². The third-order valence-electron chi connectivity index (χ3n) is 3.56. The molecule has 6 heteroatoms. The van der Waals surface area contributed by atoms with Gasteiger partial charge in [0.2, 0.25) is 10.0 Å². The van der Waals surface area contributed by atoms with Crippen molar-refractivity contribution in [3.63, 3.8) is 0 Å². The van der Waals surface area contributed by atoms with Crippen molar-refractivity contribution < 1.29 is 13.2 Å². The predicted molar refractivity (Wildman–Crippen MR) is 92.4 cm³/mol. The molecule has 0 unspecified atom stereocenters. The number of likely N-dealkylation sites (N-methyl/N-ethyl adjacent to an activating group) is 1. The molecule has 0 fully saturated rings. The number of aryl methyl sites for hydroxylation is 2. The van der Waals surface area contributed by atoms with Gasteiger partial charge in [-0.2, -0.15) is 9.57 Å². The van der Waals surface area contributed by atoms with E-state index in [2.05, 4.69) is 0 Å². The van der Waals surface area contributed by atoms with Crippen LogP contribution in [-0.4, -0.2) is 32.9 Å². The highest BCUT2D eigenvalue weighted by molar-refractivity contribution is 7.89. The van der Waals surface area contributed by atoms with Crippen LogP contribution in [0.5, 0.6) is 5.75 Å². The molecule has 0 saturated carbocycles. The SMILES string of the molecule is Cc1cc(C)cc(OCCN(C)S(=O)(=O)c2ccc(C#N)cc2)c1. The Morgan fingerprint density at radius 3 is 2.21 bits per heavy atom. The maximum absolute atomic E-state index is 12.5. The van der Waals surface area contributed by atoms with E-state index in [0.717, 1.165) is 16.9 Å². The van der Waals surface area contributed by atoms with E-state index in [1.807, 2.05) is 38.1 Å². The van der Waals surface area contributed by atoms with E-state index in [4.69, 9.17) is 10.00 Å². The lowest BCUT2D eigenvalue weighted by Crippen LogP contribution is -2.31. The molecule has 0 heterocycles. The normalized spacial score (nSPS) is 11.3. The molecule has 2 aromatic carbocycles. The number of ether oxygens (including phenoxy) is 1. The summed E-state index contributed by atoms with van der Waals surface area (Å²) < 4.78 is 31.8. The van der Waals surface area contributed by atoms with Crippen molar-refractivity contribution >= 4 is 10.0 Å². The summed E-state index contributed by atoms with van der Waals surface area (Å²) in [7, 11) is -2.08. The molecule has 0 spiro atoms. The average Bonchev–Trinajstić information content (AvgIpc) is 2.54. The molecule has 24 heavy (non-hydrogen) atoms. The zero-order valence-electron chi connectivity index (χ0n) is 14.0. The Kier molecular flexibility index (Phi) is 5.60. The fourth-order valence-electron chi connectivity index (χ4n) is 2.31. The molecule has 0 aliphatic carbocycles. The molecule has 0 radical (unpaired) electrons. The fourth-order valence-corrected chi connectivity index (χ4v) is 3.46. The van der Waals surface area contributed by atoms with E-state index < -0.39 is 10.0 Å². The van der Waals surface area contributed by atoms with Crippen LogP contribution in [0.4, 0.5) is 0 Å². The van der Waals surface area contributed by atoms with Crippen molar-refractivity contribution in [2.75, 3.05) is 20.2 Å². The van der Waals surface area contributed by atoms with Gasteiger partial charge in [0.05, 0.1) is 16.5 Å². The summed E-state index contributed by atoms with van der Waals surface area (Å²) in [4.78, 5) is 0.162. The molecular formula is C18H20N2O3S. The van der Waals surface area contributed by atoms with Crippen molar-refractivity contribution in [1.29, 1.82) is 5.26 Å². The highest BCUT2D eigenvalue weighted by Crippen LogP contribution is 2.17. The molecule has 0 aromatic heterocycles. The molecule has 2 rings (SSSR count). The Morgan fingerprint density at radius 2 is 1.67 bits per heavy atom. The van der Waals surface area contributed by atoms with Gasteiger partial charge in [0.1, 0.15) is 12.4 Å². The van der Waals surface area contributed by atoms with Gasteiger partial charge in [0.25, 0.3) is 0 Å². The number of hydrogen-bond acceptors (Lipinski definition) is 4. The van der Waals surface area contributed by atoms with Crippen molar-refractivity contribution in [2.24, 2.45) is 0 Å². The van der Waals surface area contributed by atoms with Gasteiger partial charge in [-0.25, -0.2) is 8.42 Å². The van der Waals surface area contributed by atoms with Gasteiger partial charge in [-0.15, -0.1) is 0 Å². The monoisotopic (exact) mass is 344 g/mol. The first-order valence-electron chi connectivity index (χ1n) is 7.50. The molecule has 126 valence electrons. The largest absolute Gasteiger partial charge is 0.492 e. The Morgan fingerprint density at radius 1 is 1.08 bits per heavy atom. The highest BCUT2D eigenvalue weighted by atomic mass is 32.2. The molecule has 0 aliphatic rings. The third-order valence-corrected chi connectivity index (χ3v) is 5.43. The molecule has 2 aromatic rings. The zero-order chi connectivity index (χ0) is 17.7. The standard InChI is InChI=1S/C18H20N2O3S/c1-14-10-15(2)12-17(11-14)23-9-8-20(3)24(21,22)18-6-4-16(13-19)5-7-18/h4-7,10-12H,8-9H2,1-3H3. The van der Waals surface area contributed by atoms with Crippen LogP contribution in [0.1, 0.15) is 16.7 Å². The predicted octanol–water partition coefficient (Wildman–Crippen LogP) is 2.87. The third kappa shape index (κ3) is 4.34. The minimum absolute atomic E-state index is 0.162. The summed E-state index contributed by atoms with van der Waals surface area (Å²) in [5, 5.41) is 8.78. The van der Waals surface area contributed by atoms with Crippen LogP contribution in [-0.2, 0) is 10.0 Å². The molecule has 0 aliphatic heterocycles. The van der Waals surface area contributed by atoms with Gasteiger partial charge in [0, 0.05) is 13.6 Å². The van der Waals surface area contributed by atoms with Gasteiger partial charge >= 0.3 is 0 Å². The minimum Gasteiger partial charge on any atom is -0.492 e. The van der Waals surface area contributed by atoms with Crippen molar-refractivity contribution in [3.8, 4) is 11.8 Å². The maximum atomic E-state index is 12.5. The average molecular weight is 344 g/mol. The van der Waals surface area contributed by atoms with Gasteiger partial charge < -0.3 is 4.74 Å². The summed E-state index contributed by atoms with van der Waals surface area (Å²) in [6, 6.07) is 13.7. The highest BCUT2D eigenvalue weighted by Gasteiger charge is 2.20. The van der Waals surface area contributed by atoms with Crippen LogP contribution < -0.4 is 4.74 Å². The summed E-state index contributed by atoms with van der Waals surface area (Å²) in [6.07, 6.45) is 0. The smallest absolute Gasteiger partial charge is 0.242 e. The lowest BCUT2D eigenvalue weighted by Gasteiger charge is -2.17. The van der Waals surface area contributed by atoms with E-state index in [-0.39, 0.29) is 18.0 Å². The number of benzene rings is 2. The van der Waals surface area contributed by atoms with E-state index in [9.17, 15) is 8.42 Å². The second-order valence-corrected chi connectivity index (χ2v) is 7.68. The lowest BCUT2D eigenvalue weighted by molar-refractivity contribution is 0.286. The summed E-state index contributed by atoms with van der Waals surface area (Å²) in [5.41, 5.74) is 2.63. The number of nitriles is 1. The van der Waals surface area contributed by atoms with Gasteiger partial charge in [-0.05, 0) is 61.4 Å². The first-order chi connectivity index (χ1) is 11.3. The number of nitrogens with zero attached hydrogens (tertiary/aromatic N) is 2. The molecule has 0 atom stereocenters. The van der Waals surface area contributed by atoms with Crippen LogP contribution in [0.2, 0.25) is 0 Å². The molecule has 5 nitrogen and oxygen atoms in total. The number of sulfonamides is 1. The Bertz CT molecular complexity index is 833. The van der Waals surface area contributed by atoms with Crippen LogP contribution in [0.25, 0.3) is 0 Å². The molecular weight excluding hydrogens is 324 g/mol. The van der Waals surface area contributed by atoms with E-state index in [0.29, 0.717) is 5.56 Å².